The molecule has 0 spiro atoms. The highest BCUT2D eigenvalue weighted by molar-refractivity contribution is 5.29. The van der Waals surface area contributed by atoms with Gasteiger partial charge < -0.3 is 0 Å². The van der Waals surface area contributed by atoms with Gasteiger partial charge in [-0.1, -0.05) is 38.0 Å². The van der Waals surface area contributed by atoms with Crippen LogP contribution < -0.4 is 0 Å². The minimum absolute atomic E-state index is 0.885. The third kappa shape index (κ3) is 2.35. The molecule has 0 bridgehead atoms. The first-order chi connectivity index (χ1) is 7.35. The molecule has 0 heterocycles. The van der Waals surface area contributed by atoms with Crippen LogP contribution in [0.3, 0.4) is 0 Å². The third-order valence-corrected chi connectivity index (χ3v) is 4.46. The van der Waals surface area contributed by atoms with Gasteiger partial charge in [0.2, 0.25) is 0 Å². The summed E-state index contributed by atoms with van der Waals surface area (Å²) in [6.07, 6.45) is 13.4. The Balaban J connectivity index is 2.01. The Bertz CT molecular complexity index is 245. The van der Waals surface area contributed by atoms with Gasteiger partial charge in [-0.15, -0.1) is 0 Å². The van der Waals surface area contributed by atoms with E-state index in [1.165, 1.54) is 51.4 Å². The van der Waals surface area contributed by atoms with Crippen LogP contribution in [0.4, 0.5) is 0 Å². The van der Waals surface area contributed by atoms with E-state index in [1.54, 1.807) is 11.1 Å². The Morgan fingerprint density at radius 3 is 2.33 bits per heavy atom. The second kappa shape index (κ2) is 5.01. The van der Waals surface area contributed by atoms with Gasteiger partial charge in [-0.2, -0.15) is 0 Å². The molecule has 0 unspecified atom stereocenters. The van der Waals surface area contributed by atoms with Gasteiger partial charge in [0.05, 0.1) is 0 Å². The minimum Gasteiger partial charge on any atom is -0.0988 e. The van der Waals surface area contributed by atoms with Crippen molar-refractivity contribution in [3.8, 4) is 0 Å². The van der Waals surface area contributed by atoms with Crippen LogP contribution in [0.1, 0.15) is 58.3 Å². The quantitative estimate of drug-likeness (QED) is 0.615. The van der Waals surface area contributed by atoms with Crippen molar-refractivity contribution in [1.29, 1.82) is 0 Å². The maximum atomic E-state index is 4.02. The number of hydrogen-bond acceptors (Lipinski definition) is 0. The summed E-state index contributed by atoms with van der Waals surface area (Å²) in [5.74, 6) is 1.89. The summed E-state index contributed by atoms with van der Waals surface area (Å²) < 4.78 is 0. The highest BCUT2D eigenvalue weighted by atomic mass is 14.3. The van der Waals surface area contributed by atoms with Crippen LogP contribution in [0.5, 0.6) is 0 Å². The Morgan fingerprint density at radius 2 is 1.93 bits per heavy atom. The van der Waals surface area contributed by atoms with Gasteiger partial charge in [0.1, 0.15) is 0 Å². The molecule has 0 aromatic rings. The predicted molar refractivity (Wildman–Crippen MR) is 66.8 cm³/mol. The molecule has 2 fully saturated rings. The van der Waals surface area contributed by atoms with Crippen molar-refractivity contribution in [2.24, 2.45) is 11.8 Å². The summed E-state index contributed by atoms with van der Waals surface area (Å²) in [5, 5.41) is 0. The molecule has 0 N–H and O–H groups in total. The Morgan fingerprint density at radius 1 is 1.27 bits per heavy atom. The van der Waals surface area contributed by atoms with Gasteiger partial charge in [-0.3, -0.25) is 0 Å². The topological polar surface area (TPSA) is 0 Å². The highest BCUT2D eigenvalue weighted by Gasteiger charge is 2.24. The predicted octanol–water partition coefficient (Wildman–Crippen LogP) is 4.87. The zero-order valence-corrected chi connectivity index (χ0v) is 10.1. The normalized spacial score (nSPS) is 27.3. The average molecular weight is 204 g/mol. The van der Waals surface area contributed by atoms with Crippen molar-refractivity contribution in [2.45, 2.75) is 58.3 Å². The van der Waals surface area contributed by atoms with Crippen LogP contribution in [0.25, 0.3) is 0 Å². The van der Waals surface area contributed by atoms with Crippen molar-refractivity contribution in [3.05, 3.63) is 23.8 Å². The molecule has 0 atom stereocenters. The second-order valence-electron chi connectivity index (χ2n) is 5.24. The molecule has 2 aliphatic rings. The van der Waals surface area contributed by atoms with Crippen molar-refractivity contribution in [1.82, 2.24) is 0 Å². The maximum absolute atomic E-state index is 4.02. The van der Waals surface area contributed by atoms with Gasteiger partial charge in [-0.05, 0) is 55.9 Å². The van der Waals surface area contributed by atoms with Crippen LogP contribution >= 0.6 is 0 Å². The lowest BCUT2D eigenvalue weighted by atomic mass is 9.74. The number of allylic oxidation sites excluding steroid dienone is 3. The molecule has 15 heavy (non-hydrogen) atoms. The summed E-state index contributed by atoms with van der Waals surface area (Å²) in [5.41, 5.74) is 3.38. The molecule has 0 nitrogen and oxygen atoms in total. The van der Waals surface area contributed by atoms with E-state index in [-0.39, 0.29) is 0 Å². The van der Waals surface area contributed by atoms with Gasteiger partial charge >= 0.3 is 0 Å². The molecule has 0 heteroatoms. The SMILES string of the molecule is C=CC(=C1CCC(CC)CC1)C1CCC1. The number of hydrogen-bond donors (Lipinski definition) is 0. The molecule has 2 rings (SSSR count). The van der Waals surface area contributed by atoms with Crippen molar-refractivity contribution in [2.75, 3.05) is 0 Å². The summed E-state index contributed by atoms with van der Waals surface area (Å²) in [4.78, 5) is 0. The van der Waals surface area contributed by atoms with Crippen LogP contribution in [-0.2, 0) is 0 Å². The van der Waals surface area contributed by atoms with Gasteiger partial charge in [0, 0.05) is 0 Å². The van der Waals surface area contributed by atoms with E-state index in [1.807, 2.05) is 0 Å². The van der Waals surface area contributed by atoms with Crippen molar-refractivity contribution >= 4 is 0 Å². The fourth-order valence-electron chi connectivity index (χ4n) is 3.04. The van der Waals surface area contributed by atoms with E-state index >= 15 is 0 Å². The monoisotopic (exact) mass is 204 g/mol. The van der Waals surface area contributed by atoms with E-state index in [2.05, 4.69) is 19.6 Å². The van der Waals surface area contributed by atoms with Gasteiger partial charge in [0.15, 0.2) is 0 Å². The van der Waals surface area contributed by atoms with Crippen molar-refractivity contribution in [3.63, 3.8) is 0 Å². The Kier molecular flexibility index (Phi) is 3.66. The maximum Gasteiger partial charge on any atom is -0.0163 e. The molecule has 2 saturated carbocycles. The number of rotatable bonds is 3. The van der Waals surface area contributed by atoms with Crippen molar-refractivity contribution < 1.29 is 0 Å². The van der Waals surface area contributed by atoms with Crippen LogP contribution in [0, 0.1) is 11.8 Å². The summed E-state index contributed by atoms with van der Waals surface area (Å²) in [6.45, 7) is 6.35. The first kappa shape index (κ1) is 11.0. The molecule has 0 amide bonds. The van der Waals surface area contributed by atoms with Crippen LogP contribution in [0.2, 0.25) is 0 Å². The zero-order chi connectivity index (χ0) is 10.7. The second-order valence-corrected chi connectivity index (χ2v) is 5.24. The minimum atomic E-state index is 0.885. The first-order valence-electron chi connectivity index (χ1n) is 6.69. The average Bonchev–Trinajstić information content (AvgIpc) is 2.23. The first-order valence-corrected chi connectivity index (χ1v) is 6.69. The molecule has 0 aromatic carbocycles. The molecular weight excluding hydrogens is 180 g/mol. The fraction of sp³-hybridized carbons (Fsp3) is 0.733. The molecule has 2 aliphatic carbocycles. The van der Waals surface area contributed by atoms with Gasteiger partial charge in [-0.25, -0.2) is 0 Å². The van der Waals surface area contributed by atoms with E-state index < -0.39 is 0 Å². The molecule has 0 aromatic heterocycles. The van der Waals surface area contributed by atoms with E-state index in [0.29, 0.717) is 0 Å². The molecule has 0 saturated heterocycles. The van der Waals surface area contributed by atoms with E-state index in [4.69, 9.17) is 0 Å². The molecule has 84 valence electrons. The smallest absolute Gasteiger partial charge is 0.0163 e. The van der Waals surface area contributed by atoms with Crippen LogP contribution in [0.15, 0.2) is 23.8 Å². The summed E-state index contributed by atoms with van der Waals surface area (Å²) in [6, 6.07) is 0. The Labute approximate surface area is 94.5 Å². The molecular formula is C15H24. The standard InChI is InChI=1S/C15H24/c1-3-12-8-10-14(11-9-12)15(4-2)13-6-5-7-13/h4,12-13H,2-3,5-11H2,1H3. The Hall–Kier alpha value is -0.520. The zero-order valence-electron chi connectivity index (χ0n) is 10.1. The van der Waals surface area contributed by atoms with Gasteiger partial charge in [0.25, 0.3) is 0 Å². The lowest BCUT2D eigenvalue weighted by molar-refractivity contribution is 0.356. The summed E-state index contributed by atoms with van der Waals surface area (Å²) >= 11 is 0. The lowest BCUT2D eigenvalue weighted by Crippen LogP contribution is -2.16. The van der Waals surface area contributed by atoms with Crippen LogP contribution in [-0.4, -0.2) is 0 Å². The molecule has 0 aliphatic heterocycles. The highest BCUT2D eigenvalue weighted by Crippen LogP contribution is 2.40. The lowest BCUT2D eigenvalue weighted by Gasteiger charge is -2.32. The van der Waals surface area contributed by atoms with E-state index in [9.17, 15) is 0 Å². The van der Waals surface area contributed by atoms with E-state index in [0.717, 1.165) is 11.8 Å². The summed E-state index contributed by atoms with van der Waals surface area (Å²) in [7, 11) is 0. The third-order valence-electron chi connectivity index (χ3n) is 4.46. The fourth-order valence-corrected chi connectivity index (χ4v) is 3.04. The molecule has 0 radical (unpaired) electrons. The largest absolute Gasteiger partial charge is 0.0988 e.